The number of ether oxygens (including phenoxy) is 2. The van der Waals surface area contributed by atoms with Crippen LogP contribution in [0, 0.1) is 0 Å². The van der Waals surface area contributed by atoms with Gasteiger partial charge in [-0.3, -0.25) is 0 Å². The molecule has 5 aromatic rings. The molecule has 0 aliphatic carbocycles. The zero-order chi connectivity index (χ0) is 26.5. The highest BCUT2D eigenvalue weighted by molar-refractivity contribution is 5.88. The lowest BCUT2D eigenvalue weighted by molar-refractivity contribution is 0.0686. The van der Waals surface area contributed by atoms with E-state index in [1.165, 1.54) is 24.3 Å². The monoisotopic (exact) mass is 502 g/mol. The minimum Gasteiger partial charge on any atom is -0.478 e. The molecule has 2 N–H and O–H groups in total. The molecule has 0 aliphatic heterocycles. The van der Waals surface area contributed by atoms with Crippen LogP contribution in [-0.4, -0.2) is 22.2 Å². The summed E-state index contributed by atoms with van der Waals surface area (Å²) >= 11 is 0. The molecule has 0 fully saturated rings. The van der Waals surface area contributed by atoms with Crippen molar-refractivity contribution in [2.24, 2.45) is 0 Å². The molecule has 0 saturated carbocycles. The molecule has 0 atom stereocenters. The summed E-state index contributed by atoms with van der Waals surface area (Å²) in [4.78, 5) is 22.3. The molecule has 38 heavy (non-hydrogen) atoms. The highest BCUT2D eigenvalue weighted by Crippen LogP contribution is 2.38. The van der Waals surface area contributed by atoms with E-state index in [0.29, 0.717) is 23.0 Å². The third-order valence-corrected chi connectivity index (χ3v) is 5.89. The Kier molecular flexibility index (Phi) is 6.87. The highest BCUT2D eigenvalue weighted by atomic mass is 16.5. The van der Waals surface area contributed by atoms with Gasteiger partial charge < -0.3 is 19.7 Å². The highest BCUT2D eigenvalue weighted by Gasteiger charge is 2.12. The van der Waals surface area contributed by atoms with Crippen molar-refractivity contribution >= 4 is 11.9 Å². The third kappa shape index (κ3) is 5.55. The third-order valence-electron chi connectivity index (χ3n) is 5.89. The molecule has 0 aliphatic rings. The second kappa shape index (κ2) is 10.7. The maximum atomic E-state index is 11.1. The Balaban J connectivity index is 1.47. The maximum Gasteiger partial charge on any atom is 0.335 e. The van der Waals surface area contributed by atoms with Crippen LogP contribution in [0.4, 0.5) is 0 Å². The minimum absolute atomic E-state index is 0.192. The first-order chi connectivity index (χ1) is 18.5. The van der Waals surface area contributed by atoms with Crippen LogP contribution in [0.3, 0.4) is 0 Å². The Morgan fingerprint density at radius 2 is 0.947 bits per heavy atom. The molecule has 0 saturated heterocycles. The Morgan fingerprint density at radius 1 is 0.447 bits per heavy atom. The molecule has 5 rings (SSSR count). The summed E-state index contributed by atoms with van der Waals surface area (Å²) in [5.41, 5.74) is 4.24. The van der Waals surface area contributed by atoms with Crippen molar-refractivity contribution in [2.45, 2.75) is 0 Å². The molecule has 0 amide bonds. The van der Waals surface area contributed by atoms with Crippen LogP contribution >= 0.6 is 0 Å². The summed E-state index contributed by atoms with van der Waals surface area (Å²) in [5, 5.41) is 18.2. The molecule has 0 spiro atoms. The number of aromatic carboxylic acids is 2. The van der Waals surface area contributed by atoms with Gasteiger partial charge in [-0.2, -0.15) is 0 Å². The number of benzene rings is 5. The molecule has 0 bridgehead atoms. The van der Waals surface area contributed by atoms with Crippen LogP contribution in [0.25, 0.3) is 22.3 Å². The molecule has 186 valence electrons. The van der Waals surface area contributed by atoms with Crippen molar-refractivity contribution in [3.8, 4) is 45.3 Å². The first kappa shape index (κ1) is 24.3. The minimum atomic E-state index is -0.990. The van der Waals surface area contributed by atoms with Crippen molar-refractivity contribution in [2.75, 3.05) is 0 Å². The van der Waals surface area contributed by atoms with E-state index in [1.807, 2.05) is 72.8 Å². The fourth-order valence-electron chi connectivity index (χ4n) is 4.03. The van der Waals surface area contributed by atoms with Crippen molar-refractivity contribution in [3.63, 3.8) is 0 Å². The molecule has 5 aromatic carbocycles. The lowest BCUT2D eigenvalue weighted by atomic mass is 9.94. The van der Waals surface area contributed by atoms with Crippen molar-refractivity contribution in [3.05, 3.63) is 132 Å². The molecular formula is C32H22O6. The first-order valence-electron chi connectivity index (χ1n) is 11.8. The molecule has 6 heteroatoms. The average molecular weight is 503 g/mol. The van der Waals surface area contributed by atoms with Crippen LogP contribution < -0.4 is 9.47 Å². The van der Waals surface area contributed by atoms with Crippen molar-refractivity contribution in [1.29, 1.82) is 0 Å². The SMILES string of the molecule is O=C(O)c1ccc(Oc2cccc(-c3ccc(Oc4ccc(C(=O)O)cc4)cc3-c3ccccc3)c2)cc1. The molecular weight excluding hydrogens is 480 g/mol. The number of hydrogen-bond acceptors (Lipinski definition) is 4. The summed E-state index contributed by atoms with van der Waals surface area (Å²) in [6.45, 7) is 0. The van der Waals surface area contributed by atoms with Gasteiger partial charge in [0.15, 0.2) is 0 Å². The van der Waals surface area contributed by atoms with Gasteiger partial charge in [0.05, 0.1) is 11.1 Å². The summed E-state index contributed by atoms with van der Waals surface area (Å²) in [6, 6.07) is 35.9. The van der Waals surface area contributed by atoms with Gasteiger partial charge in [-0.15, -0.1) is 0 Å². The summed E-state index contributed by atoms with van der Waals surface area (Å²) in [7, 11) is 0. The summed E-state index contributed by atoms with van der Waals surface area (Å²) in [6.07, 6.45) is 0. The van der Waals surface area contributed by atoms with Crippen LogP contribution in [0.2, 0.25) is 0 Å². The predicted molar refractivity (Wildman–Crippen MR) is 144 cm³/mol. The van der Waals surface area contributed by atoms with Gasteiger partial charge in [0.25, 0.3) is 0 Å². The van der Waals surface area contributed by atoms with E-state index in [-0.39, 0.29) is 11.1 Å². The molecule has 0 unspecified atom stereocenters. The van der Waals surface area contributed by atoms with Gasteiger partial charge in [0.1, 0.15) is 23.0 Å². The predicted octanol–water partition coefficient (Wildman–Crippen LogP) is 8.00. The largest absolute Gasteiger partial charge is 0.478 e. The van der Waals surface area contributed by atoms with E-state index in [9.17, 15) is 9.59 Å². The lowest BCUT2D eigenvalue weighted by Crippen LogP contribution is -1.95. The second-order valence-corrected chi connectivity index (χ2v) is 8.46. The number of rotatable bonds is 8. The van der Waals surface area contributed by atoms with Crippen LogP contribution in [0.15, 0.2) is 121 Å². The Bertz CT molecular complexity index is 1590. The number of carbonyl (C=O) groups is 2. The van der Waals surface area contributed by atoms with Gasteiger partial charge in [0, 0.05) is 0 Å². The average Bonchev–Trinajstić information content (AvgIpc) is 2.94. The standard InChI is InChI=1S/C32H22O6/c33-31(34)22-9-13-25(14-10-22)37-27-8-4-7-24(19-27)29-18-17-28(20-30(29)21-5-2-1-3-6-21)38-26-15-11-23(12-16-26)32(35)36/h1-20H,(H,33,34)(H,35,36). The van der Waals surface area contributed by atoms with Gasteiger partial charge >= 0.3 is 11.9 Å². The fourth-order valence-corrected chi connectivity index (χ4v) is 4.03. The Hall–Kier alpha value is -5.36. The van der Waals surface area contributed by atoms with E-state index in [1.54, 1.807) is 24.3 Å². The van der Waals surface area contributed by atoms with E-state index in [0.717, 1.165) is 22.3 Å². The topological polar surface area (TPSA) is 93.1 Å². The number of carboxylic acid groups (broad SMARTS) is 2. The van der Waals surface area contributed by atoms with Crippen LogP contribution in [0.1, 0.15) is 20.7 Å². The summed E-state index contributed by atoms with van der Waals surface area (Å²) in [5.74, 6) is 0.316. The van der Waals surface area contributed by atoms with Gasteiger partial charge in [-0.25, -0.2) is 9.59 Å². The zero-order valence-corrected chi connectivity index (χ0v) is 20.1. The quantitative estimate of drug-likeness (QED) is 0.223. The van der Waals surface area contributed by atoms with E-state index in [2.05, 4.69) is 0 Å². The molecule has 0 aromatic heterocycles. The van der Waals surface area contributed by atoms with Crippen molar-refractivity contribution < 1.29 is 29.3 Å². The van der Waals surface area contributed by atoms with Gasteiger partial charge in [0.2, 0.25) is 0 Å². The fraction of sp³-hybridized carbons (Fsp3) is 0. The lowest BCUT2D eigenvalue weighted by Gasteiger charge is -2.15. The Morgan fingerprint density at radius 3 is 1.50 bits per heavy atom. The second-order valence-electron chi connectivity index (χ2n) is 8.46. The number of hydrogen-bond donors (Lipinski definition) is 2. The molecule has 0 heterocycles. The van der Waals surface area contributed by atoms with E-state index >= 15 is 0 Å². The zero-order valence-electron chi connectivity index (χ0n) is 20.1. The molecule has 6 nitrogen and oxygen atoms in total. The van der Waals surface area contributed by atoms with Crippen LogP contribution in [0.5, 0.6) is 23.0 Å². The van der Waals surface area contributed by atoms with Crippen molar-refractivity contribution in [1.82, 2.24) is 0 Å². The van der Waals surface area contributed by atoms with Gasteiger partial charge in [-0.05, 0) is 95.1 Å². The van der Waals surface area contributed by atoms with Gasteiger partial charge in [-0.1, -0.05) is 48.5 Å². The number of carboxylic acids is 2. The first-order valence-corrected chi connectivity index (χ1v) is 11.8. The van der Waals surface area contributed by atoms with E-state index < -0.39 is 11.9 Å². The Labute approximate surface area is 219 Å². The maximum absolute atomic E-state index is 11.1. The van der Waals surface area contributed by atoms with E-state index in [4.69, 9.17) is 19.7 Å². The summed E-state index contributed by atoms with van der Waals surface area (Å²) < 4.78 is 12.0. The molecule has 0 radical (unpaired) electrons. The normalized spacial score (nSPS) is 10.5. The van der Waals surface area contributed by atoms with Crippen LogP contribution in [-0.2, 0) is 0 Å². The smallest absolute Gasteiger partial charge is 0.335 e.